The smallest absolute Gasteiger partial charge is 0.331 e. The summed E-state index contributed by atoms with van der Waals surface area (Å²) in [4.78, 5) is 14.9. The molecule has 1 saturated heterocycles. The van der Waals surface area contributed by atoms with E-state index < -0.39 is 29.6 Å². The lowest BCUT2D eigenvalue weighted by Crippen LogP contribution is -2.54. The van der Waals surface area contributed by atoms with Gasteiger partial charge in [-0.3, -0.25) is 4.90 Å². The van der Waals surface area contributed by atoms with E-state index in [2.05, 4.69) is 10.2 Å². The number of anilines is 1. The standard InChI is InChI=1S/C20H24N2O2/c1-24-19(23)20(21-18-10-6-3-7-11-18)12-14-22(15-13-20)16-17-8-4-2-5-9-17/h2-11,21H,12-16H2,1H3/i3D,6D,7D,10D,11D. The normalized spacial score (nSPS) is 20.1. The monoisotopic (exact) mass is 329 g/mol. The first-order valence-corrected chi connectivity index (χ1v) is 7.99. The summed E-state index contributed by atoms with van der Waals surface area (Å²) in [5.41, 5.74) is -0.0368. The molecule has 0 saturated carbocycles. The number of benzene rings is 2. The third-order valence-electron chi connectivity index (χ3n) is 4.40. The third-order valence-corrected chi connectivity index (χ3v) is 4.40. The lowest BCUT2D eigenvalue weighted by molar-refractivity contribution is -0.147. The Balaban J connectivity index is 1.84. The number of ether oxygens (including phenoxy) is 1. The molecule has 0 amide bonds. The molecule has 0 atom stereocenters. The van der Waals surface area contributed by atoms with E-state index in [4.69, 9.17) is 11.6 Å². The Bertz CT molecular complexity index is 870. The van der Waals surface area contributed by atoms with Crippen molar-refractivity contribution in [3.63, 3.8) is 0 Å². The fourth-order valence-corrected chi connectivity index (χ4v) is 3.06. The Hall–Kier alpha value is -2.33. The van der Waals surface area contributed by atoms with Crippen LogP contribution in [0.1, 0.15) is 25.3 Å². The van der Waals surface area contributed by atoms with Crippen molar-refractivity contribution < 1.29 is 16.4 Å². The van der Waals surface area contributed by atoms with Gasteiger partial charge in [-0.15, -0.1) is 0 Å². The van der Waals surface area contributed by atoms with E-state index in [9.17, 15) is 4.79 Å². The number of nitrogens with zero attached hydrogens (tertiary/aromatic N) is 1. The Morgan fingerprint density at radius 1 is 1.21 bits per heavy atom. The van der Waals surface area contributed by atoms with Crippen LogP contribution in [0.15, 0.2) is 60.5 Å². The molecule has 0 aliphatic carbocycles. The molecule has 1 aliphatic heterocycles. The highest BCUT2D eigenvalue weighted by atomic mass is 16.5. The first-order chi connectivity index (χ1) is 13.8. The minimum absolute atomic E-state index is 0.0714. The molecule has 24 heavy (non-hydrogen) atoms. The molecule has 0 unspecified atom stereocenters. The van der Waals surface area contributed by atoms with Crippen molar-refractivity contribution in [1.82, 2.24) is 4.90 Å². The van der Waals surface area contributed by atoms with E-state index in [-0.39, 0.29) is 17.8 Å². The van der Waals surface area contributed by atoms with Crippen molar-refractivity contribution in [2.75, 3.05) is 25.5 Å². The van der Waals surface area contributed by atoms with Crippen molar-refractivity contribution in [2.45, 2.75) is 24.9 Å². The van der Waals surface area contributed by atoms with Gasteiger partial charge in [0.1, 0.15) is 5.54 Å². The summed E-state index contributed by atoms with van der Waals surface area (Å²) >= 11 is 0. The summed E-state index contributed by atoms with van der Waals surface area (Å²) < 4.78 is 44.7. The predicted octanol–water partition coefficient (Wildman–Crippen LogP) is 3.31. The molecule has 2 aromatic carbocycles. The molecule has 1 N–H and O–H groups in total. The number of piperidine rings is 1. The maximum absolute atomic E-state index is 12.7. The van der Waals surface area contributed by atoms with Gasteiger partial charge in [0.05, 0.1) is 14.0 Å². The van der Waals surface area contributed by atoms with Crippen LogP contribution >= 0.6 is 0 Å². The number of esters is 1. The summed E-state index contributed by atoms with van der Waals surface area (Å²) in [5, 5.41) is 2.98. The van der Waals surface area contributed by atoms with Crippen molar-refractivity contribution in [3.8, 4) is 0 Å². The average molecular weight is 329 g/mol. The molecular formula is C20H24N2O2. The van der Waals surface area contributed by atoms with Crippen molar-refractivity contribution in [1.29, 1.82) is 0 Å². The molecule has 1 aliphatic rings. The zero-order valence-corrected chi connectivity index (χ0v) is 13.7. The Kier molecular flexibility index (Phi) is 3.52. The second-order valence-electron chi connectivity index (χ2n) is 5.96. The number of hydrogen-bond donors (Lipinski definition) is 1. The zero-order valence-electron chi connectivity index (χ0n) is 18.7. The van der Waals surface area contributed by atoms with Gasteiger partial charge in [-0.05, 0) is 30.5 Å². The van der Waals surface area contributed by atoms with Crippen LogP contribution in [-0.4, -0.2) is 36.6 Å². The highest BCUT2D eigenvalue weighted by Crippen LogP contribution is 2.29. The summed E-state index contributed by atoms with van der Waals surface area (Å²) in [5.74, 6) is -0.497. The maximum Gasteiger partial charge on any atom is 0.331 e. The van der Waals surface area contributed by atoms with Gasteiger partial charge in [0.2, 0.25) is 0 Å². The summed E-state index contributed by atoms with van der Waals surface area (Å²) in [7, 11) is 1.30. The van der Waals surface area contributed by atoms with Crippen LogP contribution in [0.3, 0.4) is 0 Å². The van der Waals surface area contributed by atoms with Crippen molar-refractivity contribution in [2.24, 2.45) is 0 Å². The van der Waals surface area contributed by atoms with Gasteiger partial charge in [0.25, 0.3) is 0 Å². The molecule has 3 rings (SSSR count). The minimum atomic E-state index is -1.14. The van der Waals surface area contributed by atoms with E-state index in [0.717, 1.165) is 6.54 Å². The van der Waals surface area contributed by atoms with E-state index >= 15 is 0 Å². The predicted molar refractivity (Wildman–Crippen MR) is 95.8 cm³/mol. The van der Waals surface area contributed by atoms with Gasteiger partial charge in [-0.2, -0.15) is 0 Å². The molecule has 0 spiro atoms. The lowest BCUT2D eigenvalue weighted by Gasteiger charge is -2.40. The van der Waals surface area contributed by atoms with Crippen LogP contribution in [0.2, 0.25) is 0 Å². The number of hydrogen-bond acceptors (Lipinski definition) is 4. The van der Waals surface area contributed by atoms with E-state index in [1.807, 2.05) is 30.3 Å². The SMILES string of the molecule is [2H]c1c([2H])c([2H])c(NC2(C(=O)OC)CCN(Cc3ccccc3)CC2)c([2H])c1[2H]. The first-order valence-electron chi connectivity index (χ1n) is 10.5. The van der Waals surface area contributed by atoms with Gasteiger partial charge < -0.3 is 10.1 Å². The molecule has 2 aromatic rings. The zero-order chi connectivity index (χ0) is 21.2. The molecular weight excluding hydrogens is 300 g/mol. The van der Waals surface area contributed by atoms with Gasteiger partial charge in [0.15, 0.2) is 0 Å². The van der Waals surface area contributed by atoms with E-state index in [1.54, 1.807) is 0 Å². The molecule has 1 fully saturated rings. The largest absolute Gasteiger partial charge is 0.467 e. The van der Waals surface area contributed by atoms with Crippen LogP contribution in [0.5, 0.6) is 0 Å². The Labute approximate surface area is 150 Å². The number of carbonyl (C=O) groups excluding carboxylic acids is 1. The van der Waals surface area contributed by atoms with Gasteiger partial charge in [0, 0.05) is 25.3 Å². The molecule has 126 valence electrons. The van der Waals surface area contributed by atoms with E-state index in [0.29, 0.717) is 25.9 Å². The second-order valence-corrected chi connectivity index (χ2v) is 5.96. The highest BCUT2D eigenvalue weighted by Gasteiger charge is 2.42. The number of rotatable bonds is 5. The quantitative estimate of drug-likeness (QED) is 0.855. The molecule has 4 heteroatoms. The molecule has 4 nitrogen and oxygen atoms in total. The summed E-state index contributed by atoms with van der Waals surface area (Å²) in [6.45, 7) is 1.97. The number of methoxy groups -OCH3 is 1. The van der Waals surface area contributed by atoms with Crippen molar-refractivity contribution >= 4 is 11.7 Å². The molecule has 0 radical (unpaired) electrons. The number of carbonyl (C=O) groups is 1. The molecule has 0 aromatic heterocycles. The van der Waals surface area contributed by atoms with Gasteiger partial charge in [-0.1, -0.05) is 48.5 Å². The van der Waals surface area contributed by atoms with Crippen LogP contribution in [-0.2, 0) is 16.1 Å². The van der Waals surface area contributed by atoms with Crippen LogP contribution in [0.25, 0.3) is 0 Å². The molecule has 0 bridgehead atoms. The summed E-state index contributed by atoms with van der Waals surface area (Å²) in [6.07, 6.45) is 0.795. The Morgan fingerprint density at radius 3 is 2.50 bits per heavy atom. The van der Waals surface area contributed by atoms with Crippen LogP contribution in [0, 0.1) is 0 Å². The topological polar surface area (TPSA) is 41.6 Å². The Morgan fingerprint density at radius 2 is 1.88 bits per heavy atom. The third kappa shape index (κ3) is 3.77. The van der Waals surface area contributed by atoms with E-state index in [1.165, 1.54) is 12.7 Å². The molecule has 1 heterocycles. The fourth-order valence-electron chi connectivity index (χ4n) is 3.06. The van der Waals surface area contributed by atoms with Crippen molar-refractivity contribution in [3.05, 3.63) is 66.1 Å². The van der Waals surface area contributed by atoms with Gasteiger partial charge >= 0.3 is 5.97 Å². The van der Waals surface area contributed by atoms with Gasteiger partial charge in [-0.25, -0.2) is 4.79 Å². The minimum Gasteiger partial charge on any atom is -0.467 e. The fraction of sp³-hybridized carbons (Fsp3) is 0.350. The number of para-hydroxylation sites is 1. The highest BCUT2D eigenvalue weighted by molar-refractivity contribution is 5.84. The van der Waals surface area contributed by atoms with Crippen LogP contribution in [0.4, 0.5) is 5.69 Å². The second kappa shape index (κ2) is 7.49. The summed E-state index contributed by atoms with van der Waals surface area (Å²) in [6, 6.07) is 7.99. The van der Waals surface area contributed by atoms with Crippen LogP contribution < -0.4 is 5.32 Å². The first kappa shape index (κ1) is 11.3. The number of likely N-dealkylation sites (tertiary alicyclic amines) is 1. The average Bonchev–Trinajstić information content (AvgIpc) is 2.75. The maximum atomic E-state index is 12.7. The number of nitrogens with one attached hydrogen (secondary N) is 1. The lowest BCUT2D eigenvalue weighted by atomic mass is 9.86.